The Morgan fingerprint density at radius 1 is 1.25 bits per heavy atom. The number of amides is 2. The van der Waals surface area contributed by atoms with Crippen LogP contribution in [0.2, 0.25) is 5.02 Å². The second-order valence-corrected chi connectivity index (χ2v) is 7.72. The van der Waals surface area contributed by atoms with Gasteiger partial charge < -0.3 is 15.0 Å². The smallest absolute Gasteiger partial charge is 0.326 e. The van der Waals surface area contributed by atoms with Crippen LogP contribution in [0.1, 0.15) is 17.2 Å². The molecule has 1 aliphatic rings. The summed E-state index contributed by atoms with van der Waals surface area (Å²) in [7, 11) is 0. The lowest BCUT2D eigenvalue weighted by atomic mass is 10.1. The van der Waals surface area contributed by atoms with Crippen LogP contribution in [0.15, 0.2) is 48.5 Å². The third-order valence-corrected chi connectivity index (χ3v) is 5.49. The van der Waals surface area contributed by atoms with Gasteiger partial charge in [-0.2, -0.15) is 0 Å². The van der Waals surface area contributed by atoms with Gasteiger partial charge in [-0.25, -0.2) is 0 Å². The number of nitrogens with one attached hydrogen (secondary N) is 1. The highest BCUT2D eigenvalue weighted by molar-refractivity contribution is 8.13. The summed E-state index contributed by atoms with van der Waals surface area (Å²) in [5, 5.41) is 3.10. The van der Waals surface area contributed by atoms with Crippen molar-refractivity contribution in [2.24, 2.45) is 0 Å². The van der Waals surface area contributed by atoms with E-state index in [1.165, 1.54) is 4.90 Å². The highest BCUT2D eigenvalue weighted by atomic mass is 35.5. The van der Waals surface area contributed by atoms with E-state index >= 15 is 0 Å². The van der Waals surface area contributed by atoms with E-state index < -0.39 is 18.0 Å². The van der Waals surface area contributed by atoms with Gasteiger partial charge in [0.25, 0.3) is 11.1 Å². The molecule has 2 aromatic carbocycles. The standard InChI is InChI=1S/C20H19ClN2O4S/c1-13-7-8-15(11-16(13)21)22-19(25)18(14-5-3-2-4-6-14)27-17(24)12-23-9-10-28-20(23)26/h2-8,11,18H,9-10,12H2,1H3,(H,22,25)/t18-/m1/s1. The number of esters is 1. The number of carbonyl (C=O) groups is 3. The highest BCUT2D eigenvalue weighted by Gasteiger charge is 2.29. The third kappa shape index (κ3) is 5.05. The number of halogens is 1. The van der Waals surface area contributed by atoms with Crippen LogP contribution in [-0.4, -0.2) is 40.9 Å². The van der Waals surface area contributed by atoms with Crippen molar-refractivity contribution in [3.05, 3.63) is 64.7 Å². The molecule has 0 bridgehead atoms. The van der Waals surface area contributed by atoms with Crippen LogP contribution in [0.4, 0.5) is 10.5 Å². The molecule has 1 N–H and O–H groups in total. The number of hydrogen-bond donors (Lipinski definition) is 1. The van der Waals surface area contributed by atoms with E-state index in [1.54, 1.807) is 48.5 Å². The molecular formula is C20H19ClN2O4S. The van der Waals surface area contributed by atoms with Gasteiger partial charge in [0.2, 0.25) is 6.10 Å². The molecule has 0 unspecified atom stereocenters. The van der Waals surface area contributed by atoms with Crippen LogP contribution in [-0.2, 0) is 14.3 Å². The van der Waals surface area contributed by atoms with Gasteiger partial charge in [0.15, 0.2) is 0 Å². The van der Waals surface area contributed by atoms with Crippen molar-refractivity contribution in [3.63, 3.8) is 0 Å². The zero-order valence-corrected chi connectivity index (χ0v) is 16.8. The highest BCUT2D eigenvalue weighted by Crippen LogP contribution is 2.24. The Bertz CT molecular complexity index is 891. The lowest BCUT2D eigenvalue weighted by molar-refractivity contribution is -0.155. The lowest BCUT2D eigenvalue weighted by Gasteiger charge is -2.20. The fourth-order valence-electron chi connectivity index (χ4n) is 2.67. The second-order valence-electron chi connectivity index (χ2n) is 6.27. The van der Waals surface area contributed by atoms with Crippen molar-refractivity contribution in [2.75, 3.05) is 24.2 Å². The molecule has 8 heteroatoms. The lowest BCUT2D eigenvalue weighted by Crippen LogP contribution is -2.34. The van der Waals surface area contributed by atoms with Gasteiger partial charge in [0.1, 0.15) is 6.54 Å². The first kappa shape index (κ1) is 20.2. The minimum atomic E-state index is -1.14. The van der Waals surface area contributed by atoms with E-state index in [2.05, 4.69) is 5.32 Å². The molecule has 3 rings (SSSR count). The number of anilines is 1. The number of benzene rings is 2. The molecule has 146 valence electrons. The Labute approximate surface area is 172 Å². The van der Waals surface area contributed by atoms with Gasteiger partial charge >= 0.3 is 5.97 Å². The molecule has 0 saturated carbocycles. The average Bonchev–Trinajstić information content (AvgIpc) is 3.08. The molecule has 2 aromatic rings. The van der Waals surface area contributed by atoms with E-state index in [0.29, 0.717) is 28.6 Å². The molecule has 0 aromatic heterocycles. The molecule has 1 aliphatic heterocycles. The molecule has 1 atom stereocenters. The maximum atomic E-state index is 12.8. The summed E-state index contributed by atoms with van der Waals surface area (Å²) >= 11 is 7.27. The summed E-state index contributed by atoms with van der Waals surface area (Å²) in [6.07, 6.45) is -1.14. The van der Waals surface area contributed by atoms with E-state index in [0.717, 1.165) is 17.3 Å². The van der Waals surface area contributed by atoms with Crippen molar-refractivity contribution in [1.29, 1.82) is 0 Å². The summed E-state index contributed by atoms with van der Waals surface area (Å²) in [4.78, 5) is 38.3. The van der Waals surface area contributed by atoms with Gasteiger partial charge in [0.05, 0.1) is 0 Å². The van der Waals surface area contributed by atoms with E-state index in [-0.39, 0.29) is 11.8 Å². The number of nitrogens with zero attached hydrogens (tertiary/aromatic N) is 1. The molecule has 6 nitrogen and oxygen atoms in total. The third-order valence-electron chi connectivity index (χ3n) is 4.19. The number of hydrogen-bond acceptors (Lipinski definition) is 5. The van der Waals surface area contributed by atoms with Crippen LogP contribution < -0.4 is 5.32 Å². The topological polar surface area (TPSA) is 75.7 Å². The molecule has 2 amide bonds. The van der Waals surface area contributed by atoms with Crippen molar-refractivity contribution in [2.45, 2.75) is 13.0 Å². The maximum Gasteiger partial charge on any atom is 0.326 e. The molecule has 1 fully saturated rings. The SMILES string of the molecule is Cc1ccc(NC(=O)[C@H](OC(=O)CN2CCSC2=O)c2ccccc2)cc1Cl. The van der Waals surface area contributed by atoms with Crippen LogP contribution >= 0.6 is 23.4 Å². The van der Waals surface area contributed by atoms with Gasteiger partial charge in [0, 0.05) is 28.6 Å². The summed E-state index contributed by atoms with van der Waals surface area (Å²) in [6.45, 7) is 2.17. The zero-order chi connectivity index (χ0) is 20.1. The van der Waals surface area contributed by atoms with E-state index in [1.807, 2.05) is 6.92 Å². The quantitative estimate of drug-likeness (QED) is 0.716. The van der Waals surface area contributed by atoms with Crippen molar-refractivity contribution >= 4 is 46.2 Å². The number of ether oxygens (including phenoxy) is 1. The Hall–Kier alpha value is -2.51. The normalized spacial score (nSPS) is 14.6. The zero-order valence-electron chi connectivity index (χ0n) is 15.2. The number of thioether (sulfide) groups is 1. The molecule has 0 radical (unpaired) electrons. The summed E-state index contributed by atoms with van der Waals surface area (Å²) in [5.74, 6) is -0.494. The summed E-state index contributed by atoms with van der Waals surface area (Å²) in [6, 6.07) is 13.9. The number of aryl methyl sites for hydroxylation is 1. The summed E-state index contributed by atoms with van der Waals surface area (Å²) < 4.78 is 5.45. The minimum absolute atomic E-state index is 0.160. The van der Waals surface area contributed by atoms with Crippen molar-refractivity contribution in [3.8, 4) is 0 Å². The van der Waals surface area contributed by atoms with Gasteiger partial charge in [-0.3, -0.25) is 14.4 Å². The van der Waals surface area contributed by atoms with Crippen LogP contribution in [0, 0.1) is 6.92 Å². The van der Waals surface area contributed by atoms with Crippen LogP contribution in [0.5, 0.6) is 0 Å². The largest absolute Gasteiger partial charge is 0.446 e. The second kappa shape index (κ2) is 9.12. The van der Waals surface area contributed by atoms with E-state index in [9.17, 15) is 14.4 Å². The monoisotopic (exact) mass is 418 g/mol. The van der Waals surface area contributed by atoms with Crippen LogP contribution in [0.3, 0.4) is 0 Å². The Morgan fingerprint density at radius 3 is 2.64 bits per heavy atom. The first-order valence-corrected chi connectivity index (χ1v) is 10.0. The predicted molar refractivity (Wildman–Crippen MR) is 110 cm³/mol. The minimum Gasteiger partial charge on any atom is -0.446 e. The molecule has 28 heavy (non-hydrogen) atoms. The van der Waals surface area contributed by atoms with Crippen molar-refractivity contribution in [1.82, 2.24) is 4.90 Å². The molecule has 1 heterocycles. The Balaban J connectivity index is 1.74. The maximum absolute atomic E-state index is 12.8. The Kier molecular flexibility index (Phi) is 6.59. The summed E-state index contributed by atoms with van der Waals surface area (Å²) in [5.41, 5.74) is 1.93. The van der Waals surface area contributed by atoms with Crippen LogP contribution in [0.25, 0.3) is 0 Å². The van der Waals surface area contributed by atoms with Gasteiger partial charge in [-0.15, -0.1) is 0 Å². The molecule has 0 spiro atoms. The predicted octanol–water partition coefficient (Wildman–Crippen LogP) is 4.04. The first-order valence-electron chi connectivity index (χ1n) is 8.67. The molecule has 0 aliphatic carbocycles. The fraction of sp³-hybridized carbons (Fsp3) is 0.250. The average molecular weight is 419 g/mol. The number of rotatable bonds is 6. The molecular weight excluding hydrogens is 400 g/mol. The number of carbonyl (C=O) groups excluding carboxylic acids is 3. The fourth-order valence-corrected chi connectivity index (χ4v) is 3.68. The van der Waals surface area contributed by atoms with Crippen molar-refractivity contribution < 1.29 is 19.1 Å². The van der Waals surface area contributed by atoms with Gasteiger partial charge in [-0.1, -0.05) is 59.8 Å². The Morgan fingerprint density at radius 2 is 2.00 bits per heavy atom. The molecule has 1 saturated heterocycles. The van der Waals surface area contributed by atoms with E-state index in [4.69, 9.17) is 16.3 Å². The van der Waals surface area contributed by atoms with Gasteiger partial charge in [-0.05, 0) is 24.6 Å². The first-order chi connectivity index (χ1) is 13.4.